The van der Waals surface area contributed by atoms with Crippen LogP contribution in [0.3, 0.4) is 0 Å². The fraction of sp³-hybridized carbons (Fsp3) is 0.812. The lowest BCUT2D eigenvalue weighted by molar-refractivity contribution is -0.147. The van der Waals surface area contributed by atoms with Gasteiger partial charge in [-0.2, -0.15) is 0 Å². The van der Waals surface area contributed by atoms with Crippen molar-refractivity contribution in [2.75, 3.05) is 6.54 Å². The molecule has 0 aromatic carbocycles. The molecule has 0 radical (unpaired) electrons. The molecule has 5 heteroatoms. The van der Waals surface area contributed by atoms with E-state index in [0.29, 0.717) is 12.5 Å². The van der Waals surface area contributed by atoms with Gasteiger partial charge in [0, 0.05) is 6.54 Å². The smallest absolute Gasteiger partial charge is 0.243 e. The fourth-order valence-corrected chi connectivity index (χ4v) is 3.32. The van der Waals surface area contributed by atoms with E-state index in [4.69, 9.17) is 0 Å². The topological polar surface area (TPSA) is 66.5 Å². The summed E-state index contributed by atoms with van der Waals surface area (Å²) in [5.41, 5.74) is 0. The van der Waals surface area contributed by atoms with E-state index in [-0.39, 0.29) is 29.6 Å². The van der Waals surface area contributed by atoms with Crippen molar-refractivity contribution in [2.24, 2.45) is 17.8 Å². The largest absolute Gasteiger partial charge is 0.354 e. The monoisotopic (exact) mass is 294 g/mol. The van der Waals surface area contributed by atoms with Crippen molar-refractivity contribution < 1.29 is 14.4 Å². The van der Waals surface area contributed by atoms with E-state index in [2.05, 4.69) is 19.2 Å². The number of nitrogens with zero attached hydrogens (tertiary/aromatic N) is 1. The van der Waals surface area contributed by atoms with Crippen molar-refractivity contribution in [3.8, 4) is 0 Å². The number of hydrogen-bond donors (Lipinski definition) is 1. The highest BCUT2D eigenvalue weighted by atomic mass is 16.2. The second-order valence-electron chi connectivity index (χ2n) is 6.69. The summed E-state index contributed by atoms with van der Waals surface area (Å²) < 4.78 is 0. The zero-order valence-electron chi connectivity index (χ0n) is 13.2. The minimum atomic E-state index is -0.692. The maximum absolute atomic E-state index is 12.4. The van der Waals surface area contributed by atoms with Crippen LogP contribution in [0.25, 0.3) is 0 Å². The molecule has 5 nitrogen and oxygen atoms in total. The first-order chi connectivity index (χ1) is 9.93. The molecule has 0 bridgehead atoms. The summed E-state index contributed by atoms with van der Waals surface area (Å²) in [5.74, 6) is -0.365. The first kappa shape index (κ1) is 16.0. The SMILES string of the molecule is CC(C)CCNC(=O)C(C)N1C(=O)C2CCCCC2C1=O. The van der Waals surface area contributed by atoms with Crippen LogP contribution in [0.1, 0.15) is 52.9 Å². The van der Waals surface area contributed by atoms with Gasteiger partial charge in [0.1, 0.15) is 6.04 Å². The van der Waals surface area contributed by atoms with Crippen LogP contribution >= 0.6 is 0 Å². The number of imide groups is 1. The van der Waals surface area contributed by atoms with Crippen LogP contribution in [0.15, 0.2) is 0 Å². The van der Waals surface area contributed by atoms with Crippen molar-refractivity contribution in [3.63, 3.8) is 0 Å². The summed E-state index contributed by atoms with van der Waals surface area (Å²) in [4.78, 5) is 38.2. The van der Waals surface area contributed by atoms with Crippen LogP contribution in [0.5, 0.6) is 0 Å². The molecule has 118 valence electrons. The Hall–Kier alpha value is -1.39. The van der Waals surface area contributed by atoms with E-state index in [1.165, 1.54) is 4.90 Å². The summed E-state index contributed by atoms with van der Waals surface area (Å²) in [6.45, 7) is 6.42. The minimum Gasteiger partial charge on any atom is -0.354 e. The standard InChI is InChI=1S/C16H26N2O3/c1-10(2)8-9-17-14(19)11(3)18-15(20)12-6-4-5-7-13(12)16(18)21/h10-13H,4-9H2,1-3H3,(H,17,19). The molecule has 21 heavy (non-hydrogen) atoms. The highest BCUT2D eigenvalue weighted by Gasteiger charge is 2.50. The third-order valence-electron chi connectivity index (χ3n) is 4.66. The molecule has 0 aromatic heterocycles. The van der Waals surface area contributed by atoms with Crippen LogP contribution < -0.4 is 5.32 Å². The van der Waals surface area contributed by atoms with Gasteiger partial charge in [-0.3, -0.25) is 19.3 Å². The van der Waals surface area contributed by atoms with Crippen molar-refractivity contribution in [1.29, 1.82) is 0 Å². The maximum atomic E-state index is 12.4. The summed E-state index contributed by atoms with van der Waals surface area (Å²) in [6, 6.07) is -0.692. The minimum absolute atomic E-state index is 0.142. The zero-order valence-corrected chi connectivity index (χ0v) is 13.2. The molecule has 3 unspecified atom stereocenters. The van der Waals surface area contributed by atoms with Gasteiger partial charge in [0.05, 0.1) is 11.8 Å². The number of likely N-dealkylation sites (tertiary alicyclic amines) is 1. The molecule has 1 saturated heterocycles. The van der Waals surface area contributed by atoms with Crippen LogP contribution in [0.2, 0.25) is 0 Å². The molecule has 1 N–H and O–H groups in total. The lowest BCUT2D eigenvalue weighted by Crippen LogP contribution is -2.48. The lowest BCUT2D eigenvalue weighted by Gasteiger charge is -2.22. The molecule has 1 heterocycles. The van der Waals surface area contributed by atoms with Gasteiger partial charge < -0.3 is 5.32 Å². The number of fused-ring (bicyclic) bond motifs is 1. The Morgan fingerprint density at radius 3 is 2.14 bits per heavy atom. The first-order valence-corrected chi connectivity index (χ1v) is 8.08. The highest BCUT2D eigenvalue weighted by Crippen LogP contribution is 2.38. The normalized spacial score (nSPS) is 27.0. The molecule has 3 atom stereocenters. The highest BCUT2D eigenvalue weighted by molar-refractivity contribution is 6.08. The molecule has 0 aromatic rings. The predicted molar refractivity (Wildman–Crippen MR) is 79.2 cm³/mol. The Labute approximate surface area is 126 Å². The van der Waals surface area contributed by atoms with Gasteiger partial charge in [-0.15, -0.1) is 0 Å². The summed E-state index contributed by atoms with van der Waals surface area (Å²) in [6.07, 6.45) is 4.47. The van der Waals surface area contributed by atoms with Crippen molar-refractivity contribution in [3.05, 3.63) is 0 Å². The molecule has 2 aliphatic rings. The third-order valence-corrected chi connectivity index (χ3v) is 4.66. The number of nitrogens with one attached hydrogen (secondary N) is 1. The van der Waals surface area contributed by atoms with Gasteiger partial charge in [-0.05, 0) is 32.1 Å². The molecular weight excluding hydrogens is 268 g/mol. The second-order valence-corrected chi connectivity index (χ2v) is 6.69. The van der Waals surface area contributed by atoms with Crippen LogP contribution in [0, 0.1) is 17.8 Å². The number of carbonyl (C=O) groups excluding carboxylic acids is 3. The number of carbonyl (C=O) groups is 3. The van der Waals surface area contributed by atoms with E-state index in [0.717, 1.165) is 32.1 Å². The Morgan fingerprint density at radius 1 is 1.14 bits per heavy atom. The molecule has 1 saturated carbocycles. The predicted octanol–water partition coefficient (Wildman–Crippen LogP) is 1.71. The van der Waals surface area contributed by atoms with Crippen LogP contribution in [-0.4, -0.2) is 35.2 Å². The van der Waals surface area contributed by atoms with Gasteiger partial charge in [0.25, 0.3) is 0 Å². The Morgan fingerprint density at radius 2 is 1.67 bits per heavy atom. The van der Waals surface area contributed by atoms with Gasteiger partial charge in [0.15, 0.2) is 0 Å². The number of hydrogen-bond acceptors (Lipinski definition) is 3. The zero-order chi connectivity index (χ0) is 15.6. The molecular formula is C16H26N2O3. The van der Waals surface area contributed by atoms with Gasteiger partial charge >= 0.3 is 0 Å². The molecule has 3 amide bonds. The first-order valence-electron chi connectivity index (χ1n) is 8.08. The van der Waals surface area contributed by atoms with Crippen molar-refractivity contribution >= 4 is 17.7 Å². The van der Waals surface area contributed by atoms with Crippen molar-refractivity contribution in [2.45, 2.75) is 58.9 Å². The van der Waals surface area contributed by atoms with E-state index in [1.807, 2.05) is 0 Å². The van der Waals surface area contributed by atoms with E-state index in [9.17, 15) is 14.4 Å². The quantitative estimate of drug-likeness (QED) is 0.785. The van der Waals surface area contributed by atoms with Gasteiger partial charge in [-0.1, -0.05) is 26.7 Å². The molecule has 2 rings (SSSR count). The van der Waals surface area contributed by atoms with Crippen LogP contribution in [-0.2, 0) is 14.4 Å². The average molecular weight is 294 g/mol. The second kappa shape index (κ2) is 6.58. The average Bonchev–Trinajstić information content (AvgIpc) is 2.70. The third kappa shape index (κ3) is 3.27. The lowest BCUT2D eigenvalue weighted by atomic mass is 9.81. The van der Waals surface area contributed by atoms with E-state index < -0.39 is 6.04 Å². The summed E-state index contributed by atoms with van der Waals surface area (Å²) >= 11 is 0. The molecule has 2 fully saturated rings. The Balaban J connectivity index is 1.98. The van der Waals surface area contributed by atoms with E-state index >= 15 is 0 Å². The fourth-order valence-electron chi connectivity index (χ4n) is 3.32. The van der Waals surface area contributed by atoms with Gasteiger partial charge in [-0.25, -0.2) is 0 Å². The van der Waals surface area contributed by atoms with Crippen LogP contribution in [0.4, 0.5) is 0 Å². The molecule has 1 aliphatic heterocycles. The molecule has 1 aliphatic carbocycles. The summed E-state index contributed by atoms with van der Waals surface area (Å²) in [5, 5.41) is 2.83. The summed E-state index contributed by atoms with van der Waals surface area (Å²) in [7, 11) is 0. The van der Waals surface area contributed by atoms with Gasteiger partial charge in [0.2, 0.25) is 17.7 Å². The Bertz CT molecular complexity index is 409. The number of amides is 3. The molecule has 0 spiro atoms. The Kier molecular flexibility index (Phi) is 5.01. The van der Waals surface area contributed by atoms with Crippen molar-refractivity contribution in [1.82, 2.24) is 10.2 Å². The maximum Gasteiger partial charge on any atom is 0.243 e. The number of rotatable bonds is 5. The van der Waals surface area contributed by atoms with E-state index in [1.54, 1.807) is 6.92 Å².